The summed E-state index contributed by atoms with van der Waals surface area (Å²) in [4.78, 5) is 22.3. The molecular formula is C12H13ClN7O+. The molecule has 0 aliphatic rings. The number of benzene rings is 1. The van der Waals surface area contributed by atoms with Crippen LogP contribution in [0, 0.1) is 0 Å². The Morgan fingerprint density at radius 1 is 1.24 bits per heavy atom. The molecule has 0 saturated carbocycles. The first-order valence-corrected chi connectivity index (χ1v) is 6.19. The van der Waals surface area contributed by atoms with E-state index in [1.165, 1.54) is 0 Å². The summed E-state index contributed by atoms with van der Waals surface area (Å²) in [6.45, 7) is 0. The van der Waals surface area contributed by atoms with Crippen molar-refractivity contribution in [3.8, 4) is 0 Å². The Bertz CT molecular complexity index is 702. The highest BCUT2D eigenvalue weighted by molar-refractivity contribution is 6.31. The van der Waals surface area contributed by atoms with Gasteiger partial charge < -0.3 is 17.2 Å². The van der Waals surface area contributed by atoms with Gasteiger partial charge in [-0.25, -0.2) is 15.0 Å². The molecule has 0 unspecified atom stereocenters. The molecule has 0 atom stereocenters. The van der Waals surface area contributed by atoms with Crippen molar-refractivity contribution in [2.75, 3.05) is 11.5 Å². The lowest BCUT2D eigenvalue weighted by atomic mass is 10.3. The average Bonchev–Trinajstić information content (AvgIpc) is 2.43. The number of guanidine groups is 1. The van der Waals surface area contributed by atoms with E-state index in [9.17, 15) is 4.79 Å². The number of nitrogens with zero attached hydrogens (tertiary/aromatic N) is 2. The number of aliphatic imine (C=N–C) groups is 1. The summed E-state index contributed by atoms with van der Waals surface area (Å²) in [7, 11) is 0. The van der Waals surface area contributed by atoms with Crippen LogP contribution < -0.4 is 27.5 Å². The number of aromatic nitrogens is 2. The molecule has 2 aromatic rings. The van der Waals surface area contributed by atoms with Crippen LogP contribution in [0.3, 0.4) is 0 Å². The first-order chi connectivity index (χ1) is 9.97. The summed E-state index contributed by atoms with van der Waals surface area (Å²) in [6, 6.07) is 8.90. The molecule has 1 heterocycles. The first-order valence-electron chi connectivity index (χ1n) is 5.81. The van der Waals surface area contributed by atoms with Gasteiger partial charge in [0.15, 0.2) is 0 Å². The van der Waals surface area contributed by atoms with Gasteiger partial charge >= 0.3 is 0 Å². The second-order valence-corrected chi connectivity index (χ2v) is 4.35. The van der Waals surface area contributed by atoms with E-state index in [2.05, 4.69) is 20.3 Å². The number of nitrogen functional groups attached to an aromatic ring is 2. The van der Waals surface area contributed by atoms with E-state index in [1.54, 1.807) is 24.3 Å². The Labute approximate surface area is 125 Å². The van der Waals surface area contributed by atoms with Crippen LogP contribution in [0.25, 0.3) is 0 Å². The molecular weight excluding hydrogens is 294 g/mol. The van der Waals surface area contributed by atoms with E-state index in [4.69, 9.17) is 28.8 Å². The minimum absolute atomic E-state index is 0.0260. The number of halogens is 1. The minimum Gasteiger partial charge on any atom is -0.369 e. The number of para-hydroxylation sites is 1. The van der Waals surface area contributed by atoms with Gasteiger partial charge in [-0.3, -0.25) is 10.1 Å². The van der Waals surface area contributed by atoms with Gasteiger partial charge in [-0.15, -0.1) is 0 Å². The quantitative estimate of drug-likeness (QED) is 0.458. The fourth-order valence-electron chi connectivity index (χ4n) is 1.49. The molecule has 0 fully saturated rings. The van der Waals surface area contributed by atoms with Crippen molar-refractivity contribution >= 4 is 40.8 Å². The minimum atomic E-state index is -0.650. The standard InChI is InChI=1S/C12H12ClN7O/c13-8-10(15)19-9(14)7(18-8)11(21)20-12(16)17-6-4-2-1-3-5-6/h1-5H,(H4,14,15,19)(H3,16,17,20,21)/p+1. The number of aromatic amines is 1. The van der Waals surface area contributed by atoms with Gasteiger partial charge in [0.1, 0.15) is 0 Å². The lowest BCUT2D eigenvalue weighted by Gasteiger charge is -2.05. The molecule has 2 rings (SSSR count). The van der Waals surface area contributed by atoms with Crippen LogP contribution in [-0.2, 0) is 0 Å². The predicted octanol–water partition coefficient (Wildman–Crippen LogP) is 0.0897. The number of nitrogens with one attached hydrogen (secondary N) is 2. The Balaban J connectivity index is 2.18. The van der Waals surface area contributed by atoms with Crippen molar-refractivity contribution in [3.63, 3.8) is 0 Å². The summed E-state index contributed by atoms with van der Waals surface area (Å²) >= 11 is 5.73. The third-order valence-electron chi connectivity index (χ3n) is 2.42. The average molecular weight is 307 g/mol. The maximum atomic E-state index is 12.0. The van der Waals surface area contributed by atoms with Crippen molar-refractivity contribution in [2.24, 2.45) is 10.7 Å². The molecule has 8 nitrogen and oxygen atoms in total. The number of H-pyrrole nitrogens is 1. The predicted molar refractivity (Wildman–Crippen MR) is 79.8 cm³/mol. The lowest BCUT2D eigenvalue weighted by Crippen LogP contribution is -2.38. The van der Waals surface area contributed by atoms with Crippen molar-refractivity contribution in [2.45, 2.75) is 0 Å². The van der Waals surface area contributed by atoms with Gasteiger partial charge in [0.25, 0.3) is 11.7 Å². The van der Waals surface area contributed by atoms with Crippen molar-refractivity contribution in [1.82, 2.24) is 10.3 Å². The fraction of sp³-hybridized carbons (Fsp3) is 0. The van der Waals surface area contributed by atoms with Crippen LogP contribution in [0.5, 0.6) is 0 Å². The third kappa shape index (κ3) is 3.57. The molecule has 1 aromatic carbocycles. The maximum Gasteiger partial charge on any atom is 0.283 e. The molecule has 8 N–H and O–H groups in total. The van der Waals surface area contributed by atoms with E-state index >= 15 is 0 Å². The Morgan fingerprint density at radius 3 is 2.57 bits per heavy atom. The van der Waals surface area contributed by atoms with Gasteiger partial charge in [-0.05, 0) is 12.1 Å². The van der Waals surface area contributed by atoms with Gasteiger partial charge in [0, 0.05) is 0 Å². The van der Waals surface area contributed by atoms with Crippen LogP contribution in [-0.4, -0.2) is 16.9 Å². The zero-order valence-electron chi connectivity index (χ0n) is 10.8. The Hall–Kier alpha value is -2.87. The second-order valence-electron chi connectivity index (χ2n) is 3.99. The number of rotatable bonds is 2. The van der Waals surface area contributed by atoms with Gasteiger partial charge in [0.2, 0.25) is 22.6 Å². The summed E-state index contributed by atoms with van der Waals surface area (Å²) < 4.78 is 0. The number of anilines is 2. The fourth-order valence-corrected chi connectivity index (χ4v) is 1.62. The molecule has 0 aliphatic carbocycles. The monoisotopic (exact) mass is 306 g/mol. The number of carbonyl (C=O) groups excluding carboxylic acids is 1. The molecule has 0 saturated heterocycles. The van der Waals surface area contributed by atoms with E-state index < -0.39 is 5.91 Å². The second kappa shape index (κ2) is 6.06. The zero-order valence-corrected chi connectivity index (χ0v) is 11.6. The van der Waals surface area contributed by atoms with E-state index in [0.717, 1.165) is 0 Å². The van der Waals surface area contributed by atoms with E-state index in [-0.39, 0.29) is 28.4 Å². The highest BCUT2D eigenvalue weighted by Gasteiger charge is 2.19. The molecule has 9 heteroatoms. The number of hydrogen-bond acceptors (Lipinski definition) is 5. The highest BCUT2D eigenvalue weighted by Crippen LogP contribution is 2.13. The molecule has 0 bridgehead atoms. The summed E-state index contributed by atoms with van der Waals surface area (Å²) in [5, 5.41) is 2.30. The zero-order chi connectivity index (χ0) is 15.4. The smallest absolute Gasteiger partial charge is 0.283 e. The molecule has 108 valence electrons. The number of hydrogen-bond donors (Lipinski definition) is 4. The number of nitrogens with two attached hydrogens (primary N) is 3. The lowest BCUT2D eigenvalue weighted by molar-refractivity contribution is -0.343. The van der Waals surface area contributed by atoms with Crippen LogP contribution >= 0.6 is 11.6 Å². The highest BCUT2D eigenvalue weighted by atomic mass is 35.5. The molecule has 0 spiro atoms. The topological polar surface area (TPSA) is 147 Å². The normalized spacial score (nSPS) is 11.2. The van der Waals surface area contributed by atoms with Gasteiger partial charge in [-0.1, -0.05) is 29.8 Å². The summed E-state index contributed by atoms with van der Waals surface area (Å²) in [6.07, 6.45) is 0. The summed E-state index contributed by atoms with van der Waals surface area (Å²) in [5.41, 5.74) is 17.2. The first kappa shape index (κ1) is 14.5. The summed E-state index contributed by atoms with van der Waals surface area (Å²) in [5.74, 6) is -0.707. The van der Waals surface area contributed by atoms with Crippen LogP contribution in [0.2, 0.25) is 5.15 Å². The molecule has 1 amide bonds. The number of carbonyl (C=O) groups is 1. The Morgan fingerprint density at radius 2 is 1.90 bits per heavy atom. The van der Waals surface area contributed by atoms with Crippen molar-refractivity contribution in [1.29, 1.82) is 0 Å². The van der Waals surface area contributed by atoms with Crippen LogP contribution in [0.15, 0.2) is 35.3 Å². The van der Waals surface area contributed by atoms with E-state index in [0.29, 0.717) is 5.69 Å². The van der Waals surface area contributed by atoms with E-state index in [1.807, 2.05) is 6.07 Å². The largest absolute Gasteiger partial charge is 0.369 e. The maximum absolute atomic E-state index is 12.0. The van der Waals surface area contributed by atoms with Crippen molar-refractivity contribution < 1.29 is 9.78 Å². The molecule has 0 aliphatic heterocycles. The number of amides is 1. The van der Waals surface area contributed by atoms with Crippen LogP contribution in [0.1, 0.15) is 10.5 Å². The molecule has 1 aromatic heterocycles. The van der Waals surface area contributed by atoms with Crippen molar-refractivity contribution in [3.05, 3.63) is 41.2 Å². The molecule has 0 radical (unpaired) electrons. The third-order valence-corrected chi connectivity index (χ3v) is 2.71. The Kier molecular flexibility index (Phi) is 4.19. The van der Waals surface area contributed by atoms with Crippen LogP contribution in [0.4, 0.5) is 17.3 Å². The van der Waals surface area contributed by atoms with Gasteiger partial charge in [-0.2, -0.15) is 0 Å². The SMILES string of the molecule is NC(=Nc1ccccc1)NC(=O)c1nc(Cl)c(N)[nH+]c1N. The van der Waals surface area contributed by atoms with Gasteiger partial charge in [0.05, 0.1) is 5.69 Å². The molecule has 21 heavy (non-hydrogen) atoms.